The van der Waals surface area contributed by atoms with Gasteiger partial charge in [0, 0.05) is 35.4 Å². The van der Waals surface area contributed by atoms with Gasteiger partial charge in [-0.15, -0.1) is 0 Å². The highest BCUT2D eigenvalue weighted by atomic mass is 16.5. The fourth-order valence-corrected chi connectivity index (χ4v) is 6.83. The van der Waals surface area contributed by atoms with E-state index in [9.17, 15) is 0 Å². The van der Waals surface area contributed by atoms with E-state index in [0.29, 0.717) is 11.8 Å². The lowest BCUT2D eigenvalue weighted by molar-refractivity contribution is -0.599. The van der Waals surface area contributed by atoms with E-state index in [1.165, 1.54) is 33.0 Å². The summed E-state index contributed by atoms with van der Waals surface area (Å²) in [6.07, 6.45) is 9.70. The number of benzene rings is 4. The van der Waals surface area contributed by atoms with Gasteiger partial charge in [0.1, 0.15) is 17.3 Å². The average molecular weight is 675 g/mol. The van der Waals surface area contributed by atoms with Gasteiger partial charge >= 0.3 is 0 Å². The SMILES string of the molecule is CC(C)c1ccc(-[n+]2[c-]n(-c3cc(Oc4ccc5c6ccccc6n(-c6cc(C(C)(C)C)ccn6)c5c4)cc(C(C)(C)C)c3)cc2)c(C(C)C)c1. The number of aromatic nitrogens is 4. The molecule has 7 aromatic rings. The van der Waals surface area contributed by atoms with E-state index in [0.717, 1.165) is 39.7 Å². The van der Waals surface area contributed by atoms with E-state index >= 15 is 0 Å². The molecule has 0 atom stereocenters. The number of hydrogen-bond acceptors (Lipinski definition) is 2. The van der Waals surface area contributed by atoms with Crippen LogP contribution in [0.3, 0.4) is 0 Å². The smallest absolute Gasteiger partial charge is 0.268 e. The second kappa shape index (κ2) is 12.9. The average Bonchev–Trinajstić information content (AvgIpc) is 3.70. The van der Waals surface area contributed by atoms with Crippen molar-refractivity contribution in [1.29, 1.82) is 0 Å². The Hall–Kier alpha value is -5.16. The van der Waals surface area contributed by atoms with Gasteiger partial charge in [-0.25, -0.2) is 4.98 Å². The quantitative estimate of drug-likeness (QED) is 0.125. The Balaban J connectivity index is 1.30. The molecular weight excluding hydrogens is 625 g/mol. The lowest BCUT2D eigenvalue weighted by Crippen LogP contribution is -2.30. The molecule has 0 spiro atoms. The highest BCUT2D eigenvalue weighted by molar-refractivity contribution is 6.09. The fraction of sp³-hybridized carbons (Fsp3) is 0.304. The number of nitrogens with zero attached hydrogens (tertiary/aromatic N) is 4. The van der Waals surface area contributed by atoms with Gasteiger partial charge in [0.25, 0.3) is 6.33 Å². The molecule has 0 saturated heterocycles. The van der Waals surface area contributed by atoms with Crippen molar-refractivity contribution in [3.05, 3.63) is 138 Å². The molecule has 0 fully saturated rings. The summed E-state index contributed by atoms with van der Waals surface area (Å²) in [6.45, 7) is 22.4. The molecule has 0 aliphatic heterocycles. The Morgan fingerprint density at radius 2 is 1.43 bits per heavy atom. The maximum absolute atomic E-state index is 6.76. The molecule has 5 nitrogen and oxygen atoms in total. The summed E-state index contributed by atoms with van der Waals surface area (Å²) < 4.78 is 13.2. The minimum atomic E-state index is -0.0884. The summed E-state index contributed by atoms with van der Waals surface area (Å²) in [5.41, 5.74) is 9.36. The standard InChI is InChI=1S/C46H50N4O/c1-30(2)32-15-18-41(40(23-32)31(3)4)49-22-21-48(29-49)35-24-34(46(8,9)10)25-37(27-35)51-36-16-17-39-38-13-11-12-14-42(38)50(43(39)28-36)44-26-33(19-20-47-44)45(5,6)7/h11-28,30-31H,1-10H3. The van der Waals surface area contributed by atoms with Gasteiger partial charge in [-0.2, -0.15) is 0 Å². The second-order valence-corrected chi connectivity index (χ2v) is 16.5. The van der Waals surface area contributed by atoms with E-state index in [-0.39, 0.29) is 10.8 Å². The monoisotopic (exact) mass is 674 g/mol. The van der Waals surface area contributed by atoms with Gasteiger partial charge in [0.05, 0.1) is 22.4 Å². The largest absolute Gasteiger partial charge is 0.458 e. The van der Waals surface area contributed by atoms with Crippen LogP contribution in [0, 0.1) is 6.33 Å². The van der Waals surface area contributed by atoms with Gasteiger partial charge in [-0.3, -0.25) is 13.7 Å². The molecule has 0 amide bonds. The molecular formula is C46H50N4O. The number of fused-ring (bicyclic) bond motifs is 3. The molecule has 0 bridgehead atoms. The zero-order valence-electron chi connectivity index (χ0n) is 31.7. The van der Waals surface area contributed by atoms with Crippen LogP contribution in [0.5, 0.6) is 11.5 Å². The lowest BCUT2D eigenvalue weighted by atomic mass is 9.86. The first kappa shape index (κ1) is 34.3. The Kier molecular flexibility index (Phi) is 8.65. The molecule has 4 aromatic carbocycles. The molecule has 0 aliphatic carbocycles. The van der Waals surface area contributed by atoms with Gasteiger partial charge in [-0.05, 0) is 99.5 Å². The Morgan fingerprint density at radius 3 is 2.16 bits per heavy atom. The summed E-state index contributed by atoms with van der Waals surface area (Å²) in [5.74, 6) is 3.33. The third kappa shape index (κ3) is 6.70. The highest BCUT2D eigenvalue weighted by Gasteiger charge is 2.20. The molecule has 0 aliphatic rings. The molecule has 0 radical (unpaired) electrons. The van der Waals surface area contributed by atoms with Crippen molar-refractivity contribution in [1.82, 2.24) is 14.1 Å². The van der Waals surface area contributed by atoms with Crippen LogP contribution in [0.15, 0.2) is 110 Å². The molecule has 0 N–H and O–H groups in total. The first-order chi connectivity index (χ1) is 24.2. The number of pyridine rings is 1. The summed E-state index contributed by atoms with van der Waals surface area (Å²) in [6, 6.07) is 32.6. The van der Waals surface area contributed by atoms with E-state index in [4.69, 9.17) is 9.72 Å². The van der Waals surface area contributed by atoms with Crippen molar-refractivity contribution >= 4 is 21.8 Å². The maximum atomic E-state index is 6.76. The van der Waals surface area contributed by atoms with E-state index in [1.54, 1.807) is 0 Å². The fourth-order valence-electron chi connectivity index (χ4n) is 6.83. The molecule has 260 valence electrons. The summed E-state index contributed by atoms with van der Waals surface area (Å²) >= 11 is 0. The minimum Gasteiger partial charge on any atom is -0.458 e. The number of rotatable bonds is 7. The van der Waals surface area contributed by atoms with Crippen LogP contribution in [0.1, 0.15) is 103 Å². The highest BCUT2D eigenvalue weighted by Crippen LogP contribution is 2.37. The third-order valence-electron chi connectivity index (χ3n) is 9.94. The van der Waals surface area contributed by atoms with Crippen molar-refractivity contribution in [2.75, 3.05) is 0 Å². The normalized spacial score (nSPS) is 12.5. The van der Waals surface area contributed by atoms with Crippen LogP contribution in [-0.2, 0) is 10.8 Å². The van der Waals surface area contributed by atoms with Gasteiger partial charge < -0.3 is 4.74 Å². The Labute approximate surface area is 303 Å². The zero-order valence-corrected chi connectivity index (χ0v) is 31.7. The van der Waals surface area contributed by atoms with Crippen molar-refractivity contribution < 1.29 is 9.30 Å². The van der Waals surface area contributed by atoms with Crippen LogP contribution < -0.4 is 9.30 Å². The van der Waals surface area contributed by atoms with E-state index in [1.807, 2.05) is 6.20 Å². The van der Waals surface area contributed by atoms with E-state index < -0.39 is 0 Å². The Bertz CT molecular complexity index is 2380. The van der Waals surface area contributed by atoms with Crippen molar-refractivity contribution in [2.45, 2.75) is 91.9 Å². The topological polar surface area (TPSA) is 35.9 Å². The first-order valence-electron chi connectivity index (χ1n) is 18.2. The second-order valence-electron chi connectivity index (χ2n) is 16.5. The van der Waals surface area contributed by atoms with Crippen LogP contribution >= 0.6 is 0 Å². The molecule has 0 saturated carbocycles. The minimum absolute atomic E-state index is 0.00597. The predicted octanol–water partition coefficient (Wildman–Crippen LogP) is 11.7. The molecule has 51 heavy (non-hydrogen) atoms. The molecule has 0 unspecified atom stereocenters. The van der Waals surface area contributed by atoms with Gasteiger partial charge in [0.2, 0.25) is 0 Å². The van der Waals surface area contributed by atoms with Crippen molar-refractivity contribution in [3.63, 3.8) is 0 Å². The van der Waals surface area contributed by atoms with Crippen LogP contribution in [0.25, 0.3) is 39.0 Å². The van der Waals surface area contributed by atoms with E-state index in [2.05, 4.69) is 193 Å². The Morgan fingerprint density at radius 1 is 0.686 bits per heavy atom. The first-order valence-corrected chi connectivity index (χ1v) is 18.2. The molecule has 3 aromatic heterocycles. The third-order valence-corrected chi connectivity index (χ3v) is 9.94. The number of ether oxygens (including phenoxy) is 1. The van der Waals surface area contributed by atoms with Crippen LogP contribution in [0.4, 0.5) is 0 Å². The number of hydrogen-bond donors (Lipinski definition) is 0. The molecule has 3 heterocycles. The molecule has 7 rings (SSSR count). The maximum Gasteiger partial charge on any atom is 0.268 e. The van der Waals surface area contributed by atoms with Gasteiger partial charge in [0.15, 0.2) is 0 Å². The number of para-hydroxylation sites is 1. The van der Waals surface area contributed by atoms with Gasteiger partial charge in [-0.1, -0.05) is 99.6 Å². The summed E-state index contributed by atoms with van der Waals surface area (Å²) in [5, 5.41) is 2.36. The molecule has 5 heteroatoms. The van der Waals surface area contributed by atoms with Crippen molar-refractivity contribution in [2.24, 2.45) is 0 Å². The van der Waals surface area contributed by atoms with Crippen LogP contribution in [0.2, 0.25) is 0 Å². The number of imidazole rings is 1. The van der Waals surface area contributed by atoms with Crippen LogP contribution in [-0.4, -0.2) is 14.1 Å². The predicted molar refractivity (Wildman–Crippen MR) is 210 cm³/mol. The summed E-state index contributed by atoms with van der Waals surface area (Å²) in [7, 11) is 0. The lowest BCUT2D eigenvalue weighted by Gasteiger charge is -2.22. The van der Waals surface area contributed by atoms with Crippen molar-refractivity contribution in [3.8, 4) is 28.7 Å². The zero-order chi connectivity index (χ0) is 36.2. The summed E-state index contributed by atoms with van der Waals surface area (Å²) in [4.78, 5) is 4.86.